The van der Waals surface area contributed by atoms with Gasteiger partial charge in [0.05, 0.1) is 23.8 Å². The van der Waals surface area contributed by atoms with Gasteiger partial charge < -0.3 is 11.1 Å². The van der Waals surface area contributed by atoms with E-state index in [2.05, 4.69) is 10.3 Å². The third kappa shape index (κ3) is 5.56. The Morgan fingerprint density at radius 2 is 2.04 bits per heavy atom. The largest absolute Gasteiger partial charge is 0.320 e. The van der Waals surface area contributed by atoms with Crippen molar-refractivity contribution in [1.82, 2.24) is 9.29 Å². The molecule has 1 aliphatic carbocycles. The Bertz CT molecular complexity index is 773. The highest BCUT2D eigenvalue weighted by Crippen LogP contribution is 2.28. The quantitative estimate of drug-likeness (QED) is 0.699. The summed E-state index contributed by atoms with van der Waals surface area (Å²) in [5.41, 5.74) is 6.02. The molecule has 1 saturated carbocycles. The van der Waals surface area contributed by atoms with Crippen LogP contribution < -0.4 is 11.1 Å². The molecule has 2 rings (SSSR count). The van der Waals surface area contributed by atoms with E-state index in [1.54, 1.807) is 0 Å². The van der Waals surface area contributed by atoms with E-state index >= 15 is 0 Å². The second-order valence-electron chi connectivity index (χ2n) is 6.59. The Morgan fingerprint density at radius 3 is 2.59 bits per heavy atom. The van der Waals surface area contributed by atoms with Gasteiger partial charge in [-0.3, -0.25) is 4.79 Å². The molecule has 1 aromatic rings. The number of amides is 1. The number of halogens is 3. The number of alkyl halides is 2. The molecule has 0 aromatic carbocycles. The summed E-state index contributed by atoms with van der Waals surface area (Å²) in [6.07, 6.45) is 3.09. The highest BCUT2D eigenvalue weighted by Gasteiger charge is 2.28. The van der Waals surface area contributed by atoms with Crippen molar-refractivity contribution in [3.05, 3.63) is 17.3 Å². The number of nitrogens with two attached hydrogens (primary N) is 1. The Hall–Kier alpha value is -1.36. The highest BCUT2D eigenvalue weighted by molar-refractivity contribution is 7.89. The number of carbonyl (C=O) groups is 1. The van der Waals surface area contributed by atoms with Crippen molar-refractivity contribution in [3.63, 3.8) is 0 Å². The standard InChI is InChI=1S/C16H23ClF2N4O3S/c1-23(9-13(18)19)27(25,26)12-8-21-14(7-11(12)17)22-16(24)15(20)10-5-3-2-4-6-10/h7-8,10,13,15H,2-6,9,20H2,1H3,(H,21,22,24)/t15-/m0/s1. The van der Waals surface area contributed by atoms with E-state index in [9.17, 15) is 22.0 Å². The molecule has 7 nitrogen and oxygen atoms in total. The van der Waals surface area contributed by atoms with E-state index in [-0.39, 0.29) is 16.8 Å². The topological polar surface area (TPSA) is 105 Å². The predicted molar refractivity (Wildman–Crippen MR) is 98.2 cm³/mol. The van der Waals surface area contributed by atoms with Crippen LogP contribution in [0, 0.1) is 5.92 Å². The fraction of sp³-hybridized carbons (Fsp3) is 0.625. The minimum absolute atomic E-state index is 0.0479. The van der Waals surface area contributed by atoms with Crippen molar-refractivity contribution in [2.75, 3.05) is 18.9 Å². The van der Waals surface area contributed by atoms with Gasteiger partial charge in [0.15, 0.2) is 0 Å². The molecule has 3 N–H and O–H groups in total. The number of sulfonamides is 1. The Labute approximate surface area is 162 Å². The van der Waals surface area contributed by atoms with E-state index in [0.717, 1.165) is 51.4 Å². The van der Waals surface area contributed by atoms with Gasteiger partial charge >= 0.3 is 0 Å². The summed E-state index contributed by atoms with van der Waals surface area (Å²) in [5, 5.41) is 2.30. The molecule has 152 valence electrons. The Kier molecular flexibility index (Phi) is 7.49. The number of aromatic nitrogens is 1. The van der Waals surface area contributed by atoms with Gasteiger partial charge in [-0.25, -0.2) is 22.2 Å². The summed E-state index contributed by atoms with van der Waals surface area (Å²) >= 11 is 5.99. The first-order chi connectivity index (χ1) is 12.6. The summed E-state index contributed by atoms with van der Waals surface area (Å²) in [6, 6.07) is 0.474. The number of nitrogens with zero attached hydrogens (tertiary/aromatic N) is 2. The summed E-state index contributed by atoms with van der Waals surface area (Å²) in [6.45, 7) is -0.965. The second-order valence-corrected chi connectivity index (χ2v) is 9.01. The second kappa shape index (κ2) is 9.22. The zero-order chi connectivity index (χ0) is 20.2. The molecular formula is C16H23ClF2N4O3S. The van der Waals surface area contributed by atoms with Crippen LogP contribution in [-0.4, -0.2) is 49.7 Å². The van der Waals surface area contributed by atoms with Crippen LogP contribution in [0.5, 0.6) is 0 Å². The molecule has 1 amide bonds. The highest BCUT2D eigenvalue weighted by atomic mass is 35.5. The predicted octanol–water partition coefficient (Wildman–Crippen LogP) is 2.47. The van der Waals surface area contributed by atoms with Gasteiger partial charge in [-0.1, -0.05) is 30.9 Å². The van der Waals surface area contributed by atoms with E-state index in [0.29, 0.717) is 4.31 Å². The molecule has 11 heteroatoms. The molecule has 1 aliphatic rings. The molecule has 0 spiro atoms. The van der Waals surface area contributed by atoms with Crippen LogP contribution in [0.2, 0.25) is 5.02 Å². The van der Waals surface area contributed by atoms with Crippen LogP contribution in [0.25, 0.3) is 0 Å². The minimum Gasteiger partial charge on any atom is -0.320 e. The van der Waals surface area contributed by atoms with Gasteiger partial charge in [-0.2, -0.15) is 4.31 Å². The molecule has 0 bridgehead atoms. The van der Waals surface area contributed by atoms with Gasteiger partial charge in [0.2, 0.25) is 15.9 Å². The summed E-state index contributed by atoms with van der Waals surface area (Å²) in [4.78, 5) is 15.8. The normalized spacial score (nSPS) is 17.3. The van der Waals surface area contributed by atoms with Crippen LogP contribution in [0.1, 0.15) is 32.1 Å². The molecule has 0 saturated heterocycles. The molecule has 1 atom stereocenters. The van der Waals surface area contributed by atoms with Gasteiger partial charge in [-0.05, 0) is 18.8 Å². The van der Waals surface area contributed by atoms with Gasteiger partial charge in [0.1, 0.15) is 10.7 Å². The first kappa shape index (κ1) is 21.9. The fourth-order valence-corrected chi connectivity index (χ4v) is 4.63. The number of carbonyl (C=O) groups excluding carboxylic acids is 1. The maximum atomic E-state index is 12.5. The Balaban J connectivity index is 2.10. The smallest absolute Gasteiger partial charge is 0.252 e. The molecule has 1 fully saturated rings. The number of pyridine rings is 1. The van der Waals surface area contributed by atoms with Crippen LogP contribution in [0.3, 0.4) is 0 Å². The summed E-state index contributed by atoms with van der Waals surface area (Å²) < 4.78 is 50.0. The van der Waals surface area contributed by atoms with Gasteiger partial charge in [0.25, 0.3) is 6.43 Å². The lowest BCUT2D eigenvalue weighted by Gasteiger charge is -2.26. The van der Waals surface area contributed by atoms with Crippen LogP contribution in [0.15, 0.2) is 17.2 Å². The molecule has 0 aliphatic heterocycles. The van der Waals surface area contributed by atoms with Crippen molar-refractivity contribution < 1.29 is 22.0 Å². The number of hydrogen-bond donors (Lipinski definition) is 2. The van der Waals surface area contributed by atoms with Crippen LogP contribution in [0.4, 0.5) is 14.6 Å². The van der Waals surface area contributed by atoms with Crippen LogP contribution >= 0.6 is 11.6 Å². The lowest BCUT2D eigenvalue weighted by atomic mass is 9.84. The third-order valence-corrected chi connectivity index (χ3v) is 6.89. The SMILES string of the molecule is CN(CC(F)F)S(=O)(=O)c1cnc(NC(=O)[C@@H](N)C2CCCCC2)cc1Cl. The first-order valence-corrected chi connectivity index (χ1v) is 10.4. The molecule has 0 radical (unpaired) electrons. The fourth-order valence-electron chi connectivity index (χ4n) is 3.05. The van der Waals surface area contributed by atoms with Crippen LogP contribution in [-0.2, 0) is 14.8 Å². The summed E-state index contributed by atoms with van der Waals surface area (Å²) in [7, 11) is -3.20. The van der Waals surface area contributed by atoms with E-state index < -0.39 is 39.8 Å². The monoisotopic (exact) mass is 424 g/mol. The van der Waals surface area contributed by atoms with Crippen molar-refractivity contribution in [2.45, 2.75) is 49.5 Å². The van der Waals surface area contributed by atoms with E-state index in [1.165, 1.54) is 0 Å². The van der Waals surface area contributed by atoms with E-state index in [1.807, 2.05) is 0 Å². The number of hydrogen-bond acceptors (Lipinski definition) is 5. The number of rotatable bonds is 7. The summed E-state index contributed by atoms with van der Waals surface area (Å²) in [5.74, 6) is -0.278. The Morgan fingerprint density at radius 1 is 1.41 bits per heavy atom. The first-order valence-electron chi connectivity index (χ1n) is 8.59. The van der Waals surface area contributed by atoms with Crippen molar-refractivity contribution in [2.24, 2.45) is 11.7 Å². The third-order valence-electron chi connectivity index (χ3n) is 4.61. The van der Waals surface area contributed by atoms with Crippen molar-refractivity contribution in [1.29, 1.82) is 0 Å². The average Bonchev–Trinajstić information content (AvgIpc) is 2.61. The zero-order valence-electron chi connectivity index (χ0n) is 14.9. The van der Waals surface area contributed by atoms with Crippen molar-refractivity contribution >= 4 is 33.3 Å². The number of anilines is 1. The molecule has 27 heavy (non-hydrogen) atoms. The lowest BCUT2D eigenvalue weighted by molar-refractivity contribution is -0.118. The zero-order valence-corrected chi connectivity index (χ0v) is 16.4. The maximum Gasteiger partial charge on any atom is 0.252 e. The average molecular weight is 425 g/mol. The van der Waals surface area contributed by atoms with Crippen molar-refractivity contribution in [3.8, 4) is 0 Å². The van der Waals surface area contributed by atoms with Gasteiger partial charge in [0, 0.05) is 13.1 Å². The minimum atomic E-state index is -4.22. The molecule has 1 heterocycles. The van der Waals surface area contributed by atoms with Gasteiger partial charge in [-0.15, -0.1) is 0 Å². The maximum absolute atomic E-state index is 12.5. The molecule has 1 aromatic heterocycles. The van der Waals surface area contributed by atoms with E-state index in [4.69, 9.17) is 17.3 Å². The lowest BCUT2D eigenvalue weighted by Crippen LogP contribution is -2.42. The molecular weight excluding hydrogens is 402 g/mol. The number of nitrogens with one attached hydrogen (secondary N) is 1. The molecule has 0 unspecified atom stereocenters.